The van der Waals surface area contributed by atoms with Gasteiger partial charge in [-0.1, -0.05) is 0 Å². The number of nitrogens with one attached hydrogen (secondary N) is 3. The van der Waals surface area contributed by atoms with Gasteiger partial charge in [0, 0.05) is 31.5 Å². The van der Waals surface area contributed by atoms with Gasteiger partial charge in [0.05, 0.1) is 12.4 Å². The van der Waals surface area contributed by atoms with Crippen molar-refractivity contribution in [1.29, 1.82) is 0 Å². The third kappa shape index (κ3) is 5.07. The van der Waals surface area contributed by atoms with Gasteiger partial charge in [0.25, 0.3) is 0 Å². The van der Waals surface area contributed by atoms with E-state index in [1.807, 2.05) is 0 Å². The molecule has 4 N–H and O–H groups in total. The van der Waals surface area contributed by atoms with Gasteiger partial charge in [-0.3, -0.25) is 0 Å². The number of nitrogens with zero attached hydrogens (tertiary/aromatic N) is 1. The Kier molecular flexibility index (Phi) is 5.56. The molecule has 2 heterocycles. The van der Waals surface area contributed by atoms with Gasteiger partial charge in [0.15, 0.2) is 0 Å². The summed E-state index contributed by atoms with van der Waals surface area (Å²) in [6, 6.07) is -1.48. The van der Waals surface area contributed by atoms with Crippen LogP contribution >= 0.6 is 0 Å². The standard InChI is InChI=1S/C13H20N4O4/c18-12(19)11(6-9-7-14-8-16-9)17-13(20)15-4-3-10-2-1-5-21-10/h7-8,10-11H,1-6H2,(H,14,16)(H,18,19)(H2,15,17,20). The number of rotatable bonds is 7. The van der Waals surface area contributed by atoms with E-state index in [-0.39, 0.29) is 12.5 Å². The summed E-state index contributed by atoms with van der Waals surface area (Å²) in [5.74, 6) is -1.08. The predicted octanol–water partition coefficient (Wildman–Crippen LogP) is 0.274. The number of ether oxygens (including phenoxy) is 1. The van der Waals surface area contributed by atoms with Gasteiger partial charge in [-0.15, -0.1) is 0 Å². The minimum Gasteiger partial charge on any atom is -0.480 e. The molecule has 21 heavy (non-hydrogen) atoms. The molecule has 1 fully saturated rings. The number of aromatic amines is 1. The van der Waals surface area contributed by atoms with Crippen LogP contribution in [0, 0.1) is 0 Å². The summed E-state index contributed by atoms with van der Waals surface area (Å²) < 4.78 is 5.45. The first-order chi connectivity index (χ1) is 10.1. The van der Waals surface area contributed by atoms with Crippen LogP contribution in [0.5, 0.6) is 0 Å². The van der Waals surface area contributed by atoms with Gasteiger partial charge in [-0.25, -0.2) is 14.6 Å². The SMILES string of the molecule is O=C(NCCC1CCCO1)NC(Cc1cnc[nH]1)C(=O)O. The van der Waals surface area contributed by atoms with Crippen LogP contribution in [-0.2, 0) is 16.0 Å². The fourth-order valence-electron chi connectivity index (χ4n) is 2.24. The fraction of sp³-hybridized carbons (Fsp3) is 0.615. The van der Waals surface area contributed by atoms with E-state index >= 15 is 0 Å². The van der Waals surface area contributed by atoms with Gasteiger partial charge >= 0.3 is 12.0 Å². The summed E-state index contributed by atoms with van der Waals surface area (Å²) in [6.07, 6.45) is 6.18. The summed E-state index contributed by atoms with van der Waals surface area (Å²) in [7, 11) is 0. The molecular weight excluding hydrogens is 276 g/mol. The summed E-state index contributed by atoms with van der Waals surface area (Å²) in [5.41, 5.74) is 0.655. The van der Waals surface area contributed by atoms with Crippen molar-refractivity contribution in [1.82, 2.24) is 20.6 Å². The van der Waals surface area contributed by atoms with Crippen molar-refractivity contribution in [2.45, 2.75) is 37.8 Å². The van der Waals surface area contributed by atoms with Crippen molar-refractivity contribution in [2.75, 3.05) is 13.2 Å². The zero-order valence-corrected chi connectivity index (χ0v) is 11.7. The predicted molar refractivity (Wildman–Crippen MR) is 73.8 cm³/mol. The topological polar surface area (TPSA) is 116 Å². The smallest absolute Gasteiger partial charge is 0.326 e. The molecule has 1 aromatic heterocycles. The second-order valence-electron chi connectivity index (χ2n) is 5.00. The third-order valence-electron chi connectivity index (χ3n) is 3.36. The maximum absolute atomic E-state index is 11.7. The Labute approximate surface area is 122 Å². The summed E-state index contributed by atoms with van der Waals surface area (Å²) in [6.45, 7) is 1.25. The zero-order chi connectivity index (χ0) is 15.1. The zero-order valence-electron chi connectivity index (χ0n) is 11.7. The summed E-state index contributed by atoms with van der Waals surface area (Å²) >= 11 is 0. The van der Waals surface area contributed by atoms with E-state index in [0.717, 1.165) is 25.9 Å². The van der Waals surface area contributed by atoms with Crippen molar-refractivity contribution >= 4 is 12.0 Å². The lowest BCUT2D eigenvalue weighted by molar-refractivity contribution is -0.139. The molecule has 2 unspecified atom stereocenters. The Morgan fingerprint density at radius 2 is 2.43 bits per heavy atom. The second kappa shape index (κ2) is 7.63. The largest absolute Gasteiger partial charge is 0.480 e. The van der Waals surface area contributed by atoms with E-state index in [1.165, 1.54) is 12.5 Å². The molecule has 0 saturated carbocycles. The van der Waals surface area contributed by atoms with Crippen molar-refractivity contribution < 1.29 is 19.4 Å². The number of aliphatic carboxylic acids is 1. The monoisotopic (exact) mass is 296 g/mol. The number of hydrogen-bond acceptors (Lipinski definition) is 4. The van der Waals surface area contributed by atoms with Gasteiger partial charge in [-0.05, 0) is 19.3 Å². The molecule has 8 nitrogen and oxygen atoms in total. The molecule has 1 aromatic rings. The van der Waals surface area contributed by atoms with E-state index in [9.17, 15) is 9.59 Å². The Hall–Kier alpha value is -2.09. The van der Waals surface area contributed by atoms with Crippen LogP contribution in [0.3, 0.4) is 0 Å². The van der Waals surface area contributed by atoms with Crippen molar-refractivity contribution in [3.8, 4) is 0 Å². The maximum atomic E-state index is 11.7. The maximum Gasteiger partial charge on any atom is 0.326 e. The minimum atomic E-state index is -1.08. The number of hydrogen-bond donors (Lipinski definition) is 4. The van der Waals surface area contributed by atoms with Crippen molar-refractivity contribution in [3.63, 3.8) is 0 Å². The highest BCUT2D eigenvalue weighted by Crippen LogP contribution is 2.14. The first kappa shape index (κ1) is 15.3. The summed E-state index contributed by atoms with van der Waals surface area (Å²) in [5, 5.41) is 14.2. The van der Waals surface area contributed by atoms with Gasteiger partial charge in [0.2, 0.25) is 0 Å². The summed E-state index contributed by atoms with van der Waals surface area (Å²) in [4.78, 5) is 29.5. The molecule has 2 atom stereocenters. The lowest BCUT2D eigenvalue weighted by Crippen LogP contribution is -2.47. The van der Waals surface area contributed by atoms with Crippen LogP contribution in [0.2, 0.25) is 0 Å². The van der Waals surface area contributed by atoms with Crippen LogP contribution < -0.4 is 10.6 Å². The Morgan fingerprint density at radius 1 is 1.57 bits per heavy atom. The lowest BCUT2D eigenvalue weighted by Gasteiger charge is -2.15. The number of amides is 2. The molecule has 0 bridgehead atoms. The van der Waals surface area contributed by atoms with Gasteiger partial charge < -0.3 is 25.5 Å². The average Bonchev–Trinajstić information content (AvgIpc) is 3.10. The molecule has 1 saturated heterocycles. The first-order valence-electron chi connectivity index (χ1n) is 7.01. The number of carboxylic acid groups (broad SMARTS) is 1. The molecule has 1 aliphatic rings. The number of imidazole rings is 1. The van der Waals surface area contributed by atoms with Gasteiger partial charge in [0.1, 0.15) is 6.04 Å². The average molecular weight is 296 g/mol. The number of carbonyl (C=O) groups excluding carboxylic acids is 1. The molecular formula is C13H20N4O4. The molecule has 116 valence electrons. The molecule has 0 spiro atoms. The molecule has 2 amide bonds. The number of H-pyrrole nitrogens is 1. The highest BCUT2D eigenvalue weighted by molar-refractivity contribution is 5.82. The molecule has 2 rings (SSSR count). The minimum absolute atomic E-state index is 0.161. The number of carboxylic acids is 1. The van der Waals surface area contributed by atoms with E-state index in [0.29, 0.717) is 12.2 Å². The van der Waals surface area contributed by atoms with Crippen LogP contribution in [0.25, 0.3) is 0 Å². The second-order valence-corrected chi connectivity index (χ2v) is 5.00. The van der Waals surface area contributed by atoms with E-state index in [2.05, 4.69) is 20.6 Å². The number of aromatic nitrogens is 2. The highest BCUT2D eigenvalue weighted by Gasteiger charge is 2.21. The molecule has 0 aromatic carbocycles. The van der Waals surface area contributed by atoms with Gasteiger partial charge in [-0.2, -0.15) is 0 Å². The van der Waals surface area contributed by atoms with E-state index < -0.39 is 18.0 Å². The number of urea groups is 1. The van der Waals surface area contributed by atoms with Crippen LogP contribution in [0.4, 0.5) is 4.79 Å². The normalized spacial score (nSPS) is 19.1. The Balaban J connectivity index is 1.71. The quantitative estimate of drug-likeness (QED) is 0.576. The Bertz CT molecular complexity index is 457. The molecule has 1 aliphatic heterocycles. The Morgan fingerprint density at radius 3 is 3.05 bits per heavy atom. The first-order valence-corrected chi connectivity index (χ1v) is 7.01. The highest BCUT2D eigenvalue weighted by atomic mass is 16.5. The molecule has 0 radical (unpaired) electrons. The van der Waals surface area contributed by atoms with E-state index in [1.54, 1.807) is 0 Å². The number of carbonyl (C=O) groups is 2. The van der Waals surface area contributed by atoms with Crippen molar-refractivity contribution in [3.05, 3.63) is 18.2 Å². The fourth-order valence-corrected chi connectivity index (χ4v) is 2.24. The van der Waals surface area contributed by atoms with Crippen LogP contribution in [-0.4, -0.2) is 52.4 Å². The van der Waals surface area contributed by atoms with Crippen LogP contribution in [0.15, 0.2) is 12.5 Å². The third-order valence-corrected chi connectivity index (χ3v) is 3.36. The van der Waals surface area contributed by atoms with E-state index in [4.69, 9.17) is 9.84 Å². The molecule has 8 heteroatoms. The molecule has 0 aliphatic carbocycles. The van der Waals surface area contributed by atoms with Crippen molar-refractivity contribution in [2.24, 2.45) is 0 Å². The van der Waals surface area contributed by atoms with Crippen LogP contribution in [0.1, 0.15) is 25.0 Å². The lowest BCUT2D eigenvalue weighted by atomic mass is 10.1.